The first-order valence-corrected chi connectivity index (χ1v) is 9.02. The van der Waals surface area contributed by atoms with Gasteiger partial charge in [-0.05, 0) is 30.9 Å². The van der Waals surface area contributed by atoms with Crippen LogP contribution in [0.15, 0.2) is 54.6 Å². The maximum Gasteiger partial charge on any atom is 0.307 e. The molecule has 0 saturated carbocycles. The van der Waals surface area contributed by atoms with E-state index in [1.54, 1.807) is 4.90 Å². The molecule has 0 bridgehead atoms. The Morgan fingerprint density at radius 1 is 0.846 bits per heavy atom. The Kier molecular flexibility index (Phi) is 7.87. The van der Waals surface area contributed by atoms with Crippen molar-refractivity contribution in [2.24, 2.45) is 0 Å². The number of esters is 1. The molecule has 0 aliphatic carbocycles. The minimum absolute atomic E-state index is 0.0745. The van der Waals surface area contributed by atoms with Crippen molar-refractivity contribution in [3.63, 3.8) is 0 Å². The van der Waals surface area contributed by atoms with Crippen LogP contribution in [0.1, 0.15) is 29.5 Å². The summed E-state index contributed by atoms with van der Waals surface area (Å²) < 4.78 is 4.71. The highest BCUT2D eigenvalue weighted by molar-refractivity contribution is 5.77. The lowest BCUT2D eigenvalue weighted by molar-refractivity contribution is -0.141. The number of amides is 1. The maximum absolute atomic E-state index is 12.7. The highest BCUT2D eigenvalue weighted by Gasteiger charge is 2.15. The van der Waals surface area contributed by atoms with E-state index in [1.807, 2.05) is 25.1 Å². The third kappa shape index (κ3) is 6.71. The van der Waals surface area contributed by atoms with Crippen molar-refractivity contribution in [3.8, 4) is 0 Å². The van der Waals surface area contributed by atoms with Gasteiger partial charge in [0.25, 0.3) is 0 Å². The Hall–Kier alpha value is -2.62. The number of ether oxygens (including phenoxy) is 1. The van der Waals surface area contributed by atoms with Crippen LogP contribution in [0.4, 0.5) is 0 Å². The molecule has 0 aliphatic heterocycles. The monoisotopic (exact) mass is 353 g/mol. The molecule has 0 aromatic heterocycles. The first-order valence-electron chi connectivity index (χ1n) is 9.02. The second-order valence-corrected chi connectivity index (χ2v) is 6.43. The van der Waals surface area contributed by atoms with Gasteiger partial charge in [-0.25, -0.2) is 0 Å². The number of aryl methyl sites for hydroxylation is 2. The summed E-state index contributed by atoms with van der Waals surface area (Å²) in [6, 6.07) is 18.3. The highest BCUT2D eigenvalue weighted by atomic mass is 16.5. The minimum Gasteiger partial charge on any atom is -0.469 e. The fourth-order valence-electron chi connectivity index (χ4n) is 2.76. The smallest absolute Gasteiger partial charge is 0.307 e. The standard InChI is InChI=1S/C22H27NO3/c1-18-8-10-20(11-9-18)12-13-21(24)23(17-15-22(25)26-2)16-14-19-6-4-3-5-7-19/h3-11H,12-17H2,1-2H3. The molecule has 138 valence electrons. The molecule has 0 radical (unpaired) electrons. The Labute approximate surface area is 155 Å². The van der Waals surface area contributed by atoms with Crippen molar-refractivity contribution in [3.05, 3.63) is 71.3 Å². The van der Waals surface area contributed by atoms with Gasteiger partial charge < -0.3 is 9.64 Å². The second kappa shape index (κ2) is 10.4. The number of hydrogen-bond donors (Lipinski definition) is 0. The van der Waals surface area contributed by atoms with Crippen LogP contribution in [0, 0.1) is 6.92 Å². The minimum atomic E-state index is -0.291. The second-order valence-electron chi connectivity index (χ2n) is 6.43. The zero-order chi connectivity index (χ0) is 18.8. The van der Waals surface area contributed by atoms with Crippen LogP contribution in [-0.4, -0.2) is 37.0 Å². The quantitative estimate of drug-likeness (QED) is 0.648. The summed E-state index contributed by atoms with van der Waals surface area (Å²) in [4.78, 5) is 25.9. The van der Waals surface area contributed by atoms with Crippen molar-refractivity contribution in [2.45, 2.75) is 32.6 Å². The molecule has 0 N–H and O–H groups in total. The fraction of sp³-hybridized carbons (Fsp3) is 0.364. The first kappa shape index (κ1) is 19.7. The van der Waals surface area contributed by atoms with Gasteiger partial charge in [0.2, 0.25) is 5.91 Å². The summed E-state index contributed by atoms with van der Waals surface area (Å²) in [5, 5.41) is 0. The average molecular weight is 353 g/mol. The molecule has 1 amide bonds. The summed E-state index contributed by atoms with van der Waals surface area (Å²) in [5.41, 5.74) is 3.55. The van der Waals surface area contributed by atoms with Crippen LogP contribution in [0.25, 0.3) is 0 Å². The Bertz CT molecular complexity index is 695. The molecule has 2 aromatic carbocycles. The van der Waals surface area contributed by atoms with Gasteiger partial charge in [-0.1, -0.05) is 60.2 Å². The van der Waals surface area contributed by atoms with E-state index in [4.69, 9.17) is 4.74 Å². The van der Waals surface area contributed by atoms with Gasteiger partial charge in [-0.15, -0.1) is 0 Å². The van der Waals surface area contributed by atoms with Crippen molar-refractivity contribution in [1.82, 2.24) is 4.90 Å². The number of carbonyl (C=O) groups excluding carboxylic acids is 2. The molecule has 0 atom stereocenters. The SMILES string of the molecule is COC(=O)CCN(CCc1ccccc1)C(=O)CCc1ccc(C)cc1. The summed E-state index contributed by atoms with van der Waals surface area (Å²) in [6.45, 7) is 3.05. The Morgan fingerprint density at radius 2 is 1.50 bits per heavy atom. The zero-order valence-electron chi connectivity index (χ0n) is 15.6. The van der Waals surface area contributed by atoms with Crippen LogP contribution in [0.2, 0.25) is 0 Å². The third-order valence-corrected chi connectivity index (χ3v) is 4.43. The van der Waals surface area contributed by atoms with E-state index in [9.17, 15) is 9.59 Å². The predicted octanol–water partition coefficient (Wildman–Crippen LogP) is 3.56. The lowest BCUT2D eigenvalue weighted by Crippen LogP contribution is -2.35. The molecule has 2 aromatic rings. The van der Waals surface area contributed by atoms with E-state index in [2.05, 4.69) is 36.4 Å². The summed E-state index contributed by atoms with van der Waals surface area (Å²) in [6.07, 6.45) is 2.15. The van der Waals surface area contributed by atoms with E-state index >= 15 is 0 Å². The van der Waals surface area contributed by atoms with E-state index < -0.39 is 0 Å². The van der Waals surface area contributed by atoms with E-state index in [0.717, 1.165) is 12.0 Å². The van der Waals surface area contributed by atoms with Crippen molar-refractivity contribution in [1.29, 1.82) is 0 Å². The Morgan fingerprint density at radius 3 is 2.15 bits per heavy atom. The zero-order valence-corrected chi connectivity index (χ0v) is 15.6. The Balaban J connectivity index is 1.92. The average Bonchev–Trinajstić information content (AvgIpc) is 2.67. The van der Waals surface area contributed by atoms with Crippen molar-refractivity contribution >= 4 is 11.9 Å². The fourth-order valence-corrected chi connectivity index (χ4v) is 2.76. The first-order chi connectivity index (χ1) is 12.6. The number of hydrogen-bond acceptors (Lipinski definition) is 3. The largest absolute Gasteiger partial charge is 0.469 e. The highest BCUT2D eigenvalue weighted by Crippen LogP contribution is 2.09. The molecule has 2 rings (SSSR count). The van der Waals surface area contributed by atoms with E-state index in [-0.39, 0.29) is 18.3 Å². The molecular weight excluding hydrogens is 326 g/mol. The van der Waals surface area contributed by atoms with Gasteiger partial charge in [0.05, 0.1) is 13.5 Å². The van der Waals surface area contributed by atoms with Crippen LogP contribution in [-0.2, 0) is 27.2 Å². The number of benzene rings is 2. The lowest BCUT2D eigenvalue weighted by Gasteiger charge is -2.22. The van der Waals surface area contributed by atoms with Gasteiger partial charge in [0.15, 0.2) is 0 Å². The molecule has 0 saturated heterocycles. The van der Waals surface area contributed by atoms with Crippen molar-refractivity contribution in [2.75, 3.05) is 20.2 Å². The molecular formula is C22H27NO3. The van der Waals surface area contributed by atoms with E-state index in [0.29, 0.717) is 25.9 Å². The van der Waals surface area contributed by atoms with Crippen LogP contribution >= 0.6 is 0 Å². The number of nitrogens with zero attached hydrogens (tertiary/aromatic N) is 1. The summed E-state index contributed by atoms with van der Waals surface area (Å²) in [5.74, 6) is -0.216. The van der Waals surface area contributed by atoms with Crippen molar-refractivity contribution < 1.29 is 14.3 Å². The molecule has 0 heterocycles. The topological polar surface area (TPSA) is 46.6 Å². The molecule has 4 nitrogen and oxygen atoms in total. The molecule has 0 spiro atoms. The molecule has 26 heavy (non-hydrogen) atoms. The van der Waals surface area contributed by atoms with Gasteiger partial charge in [-0.2, -0.15) is 0 Å². The normalized spacial score (nSPS) is 10.4. The predicted molar refractivity (Wildman–Crippen MR) is 103 cm³/mol. The van der Waals surface area contributed by atoms with E-state index in [1.165, 1.54) is 18.2 Å². The number of methoxy groups -OCH3 is 1. The number of carbonyl (C=O) groups is 2. The third-order valence-electron chi connectivity index (χ3n) is 4.43. The number of rotatable bonds is 9. The van der Waals surface area contributed by atoms with Crippen LogP contribution in [0.5, 0.6) is 0 Å². The molecule has 0 aliphatic rings. The van der Waals surface area contributed by atoms with Gasteiger partial charge in [0, 0.05) is 19.5 Å². The van der Waals surface area contributed by atoms with Crippen LogP contribution < -0.4 is 0 Å². The van der Waals surface area contributed by atoms with Gasteiger partial charge in [-0.3, -0.25) is 9.59 Å². The van der Waals surface area contributed by atoms with Gasteiger partial charge in [0.1, 0.15) is 0 Å². The molecule has 0 fully saturated rings. The molecule has 4 heteroatoms. The lowest BCUT2D eigenvalue weighted by atomic mass is 10.1. The summed E-state index contributed by atoms with van der Waals surface area (Å²) >= 11 is 0. The maximum atomic E-state index is 12.7. The molecule has 0 unspecified atom stereocenters. The van der Waals surface area contributed by atoms with Gasteiger partial charge >= 0.3 is 5.97 Å². The summed E-state index contributed by atoms with van der Waals surface area (Å²) in [7, 11) is 1.37. The van der Waals surface area contributed by atoms with Crippen LogP contribution in [0.3, 0.4) is 0 Å².